The van der Waals surface area contributed by atoms with Gasteiger partial charge in [-0.3, -0.25) is 0 Å². The zero-order valence-corrected chi connectivity index (χ0v) is 12.0. The van der Waals surface area contributed by atoms with Gasteiger partial charge in [0, 0.05) is 6.07 Å². The molecule has 0 fully saturated rings. The highest BCUT2D eigenvalue weighted by molar-refractivity contribution is 6.30. The van der Waals surface area contributed by atoms with E-state index in [-0.39, 0.29) is 11.1 Å². The van der Waals surface area contributed by atoms with Gasteiger partial charge in [-0.25, -0.2) is 4.39 Å². The van der Waals surface area contributed by atoms with Crippen molar-refractivity contribution in [3.05, 3.63) is 52.4 Å². The zero-order valence-electron chi connectivity index (χ0n) is 11.2. The fraction of sp³-hybridized carbons (Fsp3) is 0.286. The minimum absolute atomic E-state index is 0.0611. The van der Waals surface area contributed by atoms with Gasteiger partial charge in [0.05, 0.1) is 23.9 Å². The van der Waals surface area contributed by atoms with Crippen molar-refractivity contribution in [1.82, 2.24) is 15.5 Å². The lowest BCUT2D eigenvalue weighted by Gasteiger charge is -2.15. The summed E-state index contributed by atoms with van der Waals surface area (Å²) in [6.45, 7) is 0. The number of hydrogen-bond donors (Lipinski definition) is 1. The number of likely N-dealkylation sites (N-methyl/N-ethyl adjacent to an activating group) is 1. The molecule has 0 bridgehead atoms. The molecule has 0 spiro atoms. The number of hydrogen-bond acceptors (Lipinski definition) is 4. The zero-order chi connectivity index (χ0) is 14.5. The molecule has 1 aromatic carbocycles. The van der Waals surface area contributed by atoms with Gasteiger partial charge >= 0.3 is 0 Å². The molecule has 2 rings (SSSR count). The standard InChI is InChI=1S/C14H15ClFN3O/c1-17-13(12-5-6-14(20-2)19-18-12)8-9-3-4-10(15)11(16)7-9/h3-7,13,17H,8H2,1-2H3. The second kappa shape index (κ2) is 6.63. The van der Waals surface area contributed by atoms with Crippen LogP contribution in [0.25, 0.3) is 0 Å². The van der Waals surface area contributed by atoms with Gasteiger partial charge in [0.2, 0.25) is 5.88 Å². The molecule has 1 heterocycles. The first-order chi connectivity index (χ1) is 9.63. The number of aromatic nitrogens is 2. The van der Waals surface area contributed by atoms with Crippen LogP contribution < -0.4 is 10.1 Å². The Labute approximate surface area is 121 Å². The molecule has 4 nitrogen and oxygen atoms in total. The predicted octanol–water partition coefficient (Wildman–Crippen LogP) is 2.78. The largest absolute Gasteiger partial charge is 0.480 e. The molecule has 1 aromatic heterocycles. The number of halogens is 2. The Morgan fingerprint density at radius 2 is 2.10 bits per heavy atom. The van der Waals surface area contributed by atoms with Crippen molar-refractivity contribution in [2.45, 2.75) is 12.5 Å². The van der Waals surface area contributed by atoms with E-state index < -0.39 is 5.82 Å². The minimum atomic E-state index is -0.417. The Hall–Kier alpha value is -1.72. The smallest absolute Gasteiger partial charge is 0.233 e. The van der Waals surface area contributed by atoms with Crippen LogP contribution in [-0.2, 0) is 6.42 Å². The van der Waals surface area contributed by atoms with Crippen molar-refractivity contribution in [1.29, 1.82) is 0 Å². The quantitative estimate of drug-likeness (QED) is 0.921. The topological polar surface area (TPSA) is 47.0 Å². The summed E-state index contributed by atoms with van der Waals surface area (Å²) in [6.07, 6.45) is 0.589. The lowest BCUT2D eigenvalue weighted by atomic mass is 10.0. The van der Waals surface area contributed by atoms with E-state index in [1.165, 1.54) is 13.2 Å². The maximum absolute atomic E-state index is 13.4. The normalized spacial score (nSPS) is 12.2. The van der Waals surface area contributed by atoms with Gasteiger partial charge < -0.3 is 10.1 Å². The molecular weight excluding hydrogens is 281 g/mol. The third kappa shape index (κ3) is 3.43. The van der Waals surface area contributed by atoms with E-state index in [9.17, 15) is 4.39 Å². The summed E-state index contributed by atoms with van der Waals surface area (Å²) in [7, 11) is 3.36. The van der Waals surface area contributed by atoms with E-state index in [4.69, 9.17) is 16.3 Å². The Morgan fingerprint density at radius 3 is 2.65 bits per heavy atom. The average Bonchev–Trinajstić information content (AvgIpc) is 2.48. The molecule has 0 aliphatic heterocycles. The van der Waals surface area contributed by atoms with Crippen LogP contribution in [0, 0.1) is 5.82 Å². The van der Waals surface area contributed by atoms with E-state index in [0.717, 1.165) is 11.3 Å². The number of benzene rings is 1. The van der Waals surface area contributed by atoms with Crippen LogP contribution in [0.3, 0.4) is 0 Å². The fourth-order valence-electron chi connectivity index (χ4n) is 1.88. The van der Waals surface area contributed by atoms with Crippen LogP contribution >= 0.6 is 11.6 Å². The third-order valence-corrected chi connectivity index (χ3v) is 3.31. The van der Waals surface area contributed by atoms with Crippen molar-refractivity contribution < 1.29 is 9.13 Å². The number of methoxy groups -OCH3 is 1. The first-order valence-electron chi connectivity index (χ1n) is 6.13. The van der Waals surface area contributed by atoms with Crippen LogP contribution in [0.15, 0.2) is 30.3 Å². The molecule has 0 amide bonds. The van der Waals surface area contributed by atoms with Crippen LogP contribution in [0.5, 0.6) is 5.88 Å². The van der Waals surface area contributed by atoms with Gasteiger partial charge in [0.25, 0.3) is 0 Å². The lowest BCUT2D eigenvalue weighted by Crippen LogP contribution is -2.20. The molecule has 1 N–H and O–H groups in total. The predicted molar refractivity (Wildman–Crippen MR) is 75.5 cm³/mol. The Kier molecular flexibility index (Phi) is 4.87. The highest BCUT2D eigenvalue weighted by atomic mass is 35.5. The summed E-state index contributed by atoms with van der Waals surface area (Å²) < 4.78 is 18.4. The molecule has 0 saturated carbocycles. The number of nitrogens with one attached hydrogen (secondary N) is 1. The number of nitrogens with zero attached hydrogens (tertiary/aromatic N) is 2. The molecule has 1 atom stereocenters. The first kappa shape index (κ1) is 14.7. The van der Waals surface area contributed by atoms with Crippen LogP contribution in [0.4, 0.5) is 4.39 Å². The molecule has 0 aliphatic carbocycles. The van der Waals surface area contributed by atoms with Gasteiger partial charge in [0.1, 0.15) is 5.82 Å². The van der Waals surface area contributed by atoms with E-state index in [1.54, 1.807) is 18.2 Å². The Morgan fingerprint density at radius 1 is 1.30 bits per heavy atom. The summed E-state index contributed by atoms with van der Waals surface area (Å²) in [6, 6.07) is 8.30. The first-order valence-corrected chi connectivity index (χ1v) is 6.50. The van der Waals surface area contributed by atoms with E-state index in [2.05, 4.69) is 15.5 Å². The van der Waals surface area contributed by atoms with Gasteiger partial charge in [-0.05, 0) is 37.2 Å². The Balaban J connectivity index is 2.16. The van der Waals surface area contributed by atoms with Crippen LogP contribution in [0.2, 0.25) is 5.02 Å². The number of ether oxygens (including phenoxy) is 1. The highest BCUT2D eigenvalue weighted by Gasteiger charge is 2.13. The summed E-state index contributed by atoms with van der Waals surface area (Å²) in [5, 5.41) is 11.3. The molecule has 0 saturated heterocycles. The maximum Gasteiger partial charge on any atom is 0.233 e. The van der Waals surface area contributed by atoms with Crippen LogP contribution in [0.1, 0.15) is 17.3 Å². The lowest BCUT2D eigenvalue weighted by molar-refractivity contribution is 0.389. The van der Waals surface area contributed by atoms with Gasteiger partial charge in [-0.1, -0.05) is 17.7 Å². The molecule has 2 aromatic rings. The molecule has 0 aliphatic rings. The third-order valence-electron chi connectivity index (χ3n) is 3.00. The summed E-state index contributed by atoms with van der Waals surface area (Å²) >= 11 is 5.67. The molecule has 6 heteroatoms. The van der Waals surface area contributed by atoms with Crippen molar-refractivity contribution in [2.24, 2.45) is 0 Å². The van der Waals surface area contributed by atoms with Gasteiger partial charge in [-0.15, -0.1) is 5.10 Å². The minimum Gasteiger partial charge on any atom is -0.480 e. The summed E-state index contributed by atoms with van der Waals surface area (Å²) in [5.41, 5.74) is 1.60. The second-order valence-corrected chi connectivity index (χ2v) is 4.70. The van der Waals surface area contributed by atoms with Gasteiger partial charge in [-0.2, -0.15) is 5.10 Å². The SMILES string of the molecule is CNC(Cc1ccc(Cl)c(F)c1)c1ccc(OC)nn1. The molecular formula is C14H15ClFN3O. The van der Waals surface area contributed by atoms with E-state index in [0.29, 0.717) is 12.3 Å². The molecule has 20 heavy (non-hydrogen) atoms. The molecule has 106 valence electrons. The van der Waals surface area contributed by atoms with Gasteiger partial charge in [0.15, 0.2) is 0 Å². The van der Waals surface area contributed by atoms with Crippen LogP contribution in [-0.4, -0.2) is 24.4 Å². The highest BCUT2D eigenvalue weighted by Crippen LogP contribution is 2.21. The van der Waals surface area contributed by atoms with Crippen molar-refractivity contribution in [2.75, 3.05) is 14.2 Å². The van der Waals surface area contributed by atoms with Crippen molar-refractivity contribution in [3.8, 4) is 5.88 Å². The van der Waals surface area contributed by atoms with E-state index in [1.807, 2.05) is 13.1 Å². The Bertz CT molecular complexity index is 577. The fourth-order valence-corrected chi connectivity index (χ4v) is 2.00. The summed E-state index contributed by atoms with van der Waals surface area (Å²) in [4.78, 5) is 0. The second-order valence-electron chi connectivity index (χ2n) is 4.29. The maximum atomic E-state index is 13.4. The molecule has 0 radical (unpaired) electrons. The van der Waals surface area contributed by atoms with Crippen molar-refractivity contribution in [3.63, 3.8) is 0 Å². The average molecular weight is 296 g/mol. The van der Waals surface area contributed by atoms with E-state index >= 15 is 0 Å². The monoisotopic (exact) mass is 295 g/mol. The summed E-state index contributed by atoms with van der Waals surface area (Å²) in [5.74, 6) is 0.0426. The molecule has 1 unspecified atom stereocenters. The van der Waals surface area contributed by atoms with Crippen molar-refractivity contribution >= 4 is 11.6 Å². The number of rotatable bonds is 5.